The molecule has 3 rings (SSSR count). The van der Waals surface area contributed by atoms with E-state index in [1.807, 2.05) is 54.6 Å². The Morgan fingerprint density at radius 3 is 2.52 bits per heavy atom. The van der Waals surface area contributed by atoms with Crippen molar-refractivity contribution >= 4 is 29.3 Å². The summed E-state index contributed by atoms with van der Waals surface area (Å²) in [6.07, 6.45) is 0.501. The van der Waals surface area contributed by atoms with Crippen LogP contribution in [0.3, 0.4) is 0 Å². The zero-order chi connectivity index (χ0) is 16.2. The summed E-state index contributed by atoms with van der Waals surface area (Å²) in [5.41, 5.74) is 8.47. The van der Waals surface area contributed by atoms with E-state index in [0.717, 1.165) is 17.0 Å². The van der Waals surface area contributed by atoms with Crippen LogP contribution in [-0.2, 0) is 21.8 Å². The highest BCUT2D eigenvalue weighted by Gasteiger charge is 2.36. The first-order valence-electron chi connectivity index (χ1n) is 7.48. The molecule has 2 aromatic rings. The van der Waals surface area contributed by atoms with E-state index in [1.165, 1.54) is 5.56 Å². The Kier molecular flexibility index (Phi) is 4.67. The second-order valence-electron chi connectivity index (χ2n) is 5.49. The maximum atomic E-state index is 12.6. The molecule has 1 heterocycles. The predicted molar refractivity (Wildman–Crippen MR) is 93.2 cm³/mol. The summed E-state index contributed by atoms with van der Waals surface area (Å²) in [5.74, 6) is 0.568. The van der Waals surface area contributed by atoms with Gasteiger partial charge in [-0.05, 0) is 17.2 Å². The van der Waals surface area contributed by atoms with Crippen molar-refractivity contribution in [1.29, 1.82) is 0 Å². The number of primary amides is 1. The zero-order valence-electron chi connectivity index (χ0n) is 12.6. The van der Waals surface area contributed by atoms with E-state index in [9.17, 15) is 9.59 Å². The van der Waals surface area contributed by atoms with Crippen molar-refractivity contribution < 1.29 is 9.59 Å². The third kappa shape index (κ3) is 3.40. The molecule has 4 nitrogen and oxygen atoms in total. The van der Waals surface area contributed by atoms with Crippen molar-refractivity contribution in [2.75, 3.05) is 10.7 Å². The van der Waals surface area contributed by atoms with Crippen molar-refractivity contribution in [3.63, 3.8) is 0 Å². The molecule has 1 atom stereocenters. The van der Waals surface area contributed by atoms with Gasteiger partial charge in [0.05, 0.1) is 5.75 Å². The van der Waals surface area contributed by atoms with Crippen LogP contribution < -0.4 is 10.6 Å². The average Bonchev–Trinajstić information content (AvgIpc) is 2.95. The van der Waals surface area contributed by atoms with Gasteiger partial charge in [0.2, 0.25) is 11.8 Å². The van der Waals surface area contributed by atoms with Crippen LogP contribution in [0.2, 0.25) is 0 Å². The number of para-hydroxylation sites is 1. The second-order valence-corrected chi connectivity index (χ2v) is 6.48. The Bertz CT molecular complexity index is 718. The van der Waals surface area contributed by atoms with Crippen molar-refractivity contribution in [2.24, 2.45) is 5.73 Å². The van der Waals surface area contributed by atoms with Gasteiger partial charge in [-0.25, -0.2) is 0 Å². The Morgan fingerprint density at radius 1 is 1.09 bits per heavy atom. The molecule has 0 radical (unpaired) electrons. The van der Waals surface area contributed by atoms with Crippen LogP contribution in [0.5, 0.6) is 0 Å². The Balaban J connectivity index is 1.68. The number of anilines is 1. The smallest absolute Gasteiger partial charge is 0.240 e. The summed E-state index contributed by atoms with van der Waals surface area (Å²) in [4.78, 5) is 25.9. The third-order valence-electron chi connectivity index (χ3n) is 3.91. The molecule has 118 valence electrons. The highest BCUT2D eigenvalue weighted by molar-refractivity contribution is 7.99. The summed E-state index contributed by atoms with van der Waals surface area (Å²) < 4.78 is 0. The minimum atomic E-state index is -0.572. The van der Waals surface area contributed by atoms with Gasteiger partial charge < -0.3 is 5.73 Å². The molecule has 0 aromatic heterocycles. The molecule has 1 aliphatic heterocycles. The van der Waals surface area contributed by atoms with Gasteiger partial charge >= 0.3 is 0 Å². The molecule has 2 aromatic carbocycles. The molecule has 0 fully saturated rings. The first-order chi connectivity index (χ1) is 11.2. The van der Waals surface area contributed by atoms with Crippen LogP contribution >= 0.6 is 11.8 Å². The number of benzene rings is 2. The van der Waals surface area contributed by atoms with Gasteiger partial charge in [-0.15, -0.1) is 11.8 Å². The van der Waals surface area contributed by atoms with Gasteiger partial charge in [0.1, 0.15) is 6.04 Å². The molecule has 0 saturated heterocycles. The van der Waals surface area contributed by atoms with Gasteiger partial charge in [0, 0.05) is 17.9 Å². The molecule has 0 aliphatic carbocycles. The second kappa shape index (κ2) is 6.87. The molecule has 1 aliphatic rings. The van der Waals surface area contributed by atoms with E-state index < -0.39 is 11.9 Å². The number of carbonyl (C=O) groups is 2. The number of hydrogen-bond acceptors (Lipinski definition) is 3. The van der Waals surface area contributed by atoms with Gasteiger partial charge in [-0.2, -0.15) is 0 Å². The Morgan fingerprint density at radius 2 is 1.78 bits per heavy atom. The summed E-state index contributed by atoms with van der Waals surface area (Å²) in [6, 6.07) is 17.0. The monoisotopic (exact) mass is 326 g/mol. The number of amides is 2. The molecule has 0 unspecified atom stereocenters. The first kappa shape index (κ1) is 15.6. The summed E-state index contributed by atoms with van der Waals surface area (Å²) in [7, 11) is 0. The minimum absolute atomic E-state index is 0.0697. The van der Waals surface area contributed by atoms with Crippen LogP contribution in [0.1, 0.15) is 11.1 Å². The van der Waals surface area contributed by atoms with E-state index in [4.69, 9.17) is 5.73 Å². The molecular weight excluding hydrogens is 308 g/mol. The quantitative estimate of drug-likeness (QED) is 0.917. The number of thioether (sulfide) groups is 1. The van der Waals surface area contributed by atoms with E-state index in [1.54, 1.807) is 16.7 Å². The summed E-state index contributed by atoms with van der Waals surface area (Å²) >= 11 is 1.55. The summed E-state index contributed by atoms with van der Waals surface area (Å²) in [5, 5.41) is 0. The number of nitrogens with zero attached hydrogens (tertiary/aromatic N) is 1. The topological polar surface area (TPSA) is 63.4 Å². The lowest BCUT2D eigenvalue weighted by molar-refractivity contribution is -0.123. The number of carbonyl (C=O) groups excluding carboxylic acids is 2. The lowest BCUT2D eigenvalue weighted by atomic mass is 10.1. The fourth-order valence-corrected chi connectivity index (χ4v) is 3.67. The van der Waals surface area contributed by atoms with Crippen LogP contribution in [0.25, 0.3) is 0 Å². The zero-order valence-corrected chi connectivity index (χ0v) is 13.5. The maximum absolute atomic E-state index is 12.6. The predicted octanol–water partition coefficient (Wildman–Crippen LogP) is 2.36. The highest BCUT2D eigenvalue weighted by Crippen LogP contribution is 2.32. The molecule has 5 heteroatoms. The normalized spacial score (nSPS) is 16.2. The molecule has 0 spiro atoms. The van der Waals surface area contributed by atoms with Gasteiger partial charge in [0.25, 0.3) is 0 Å². The Labute approximate surface area is 139 Å². The lowest BCUT2D eigenvalue weighted by Gasteiger charge is -2.23. The number of rotatable bonds is 5. The van der Waals surface area contributed by atoms with Crippen molar-refractivity contribution in [2.45, 2.75) is 18.2 Å². The van der Waals surface area contributed by atoms with E-state index in [0.29, 0.717) is 12.2 Å². The number of hydrogen-bond donors (Lipinski definition) is 1. The highest BCUT2D eigenvalue weighted by atomic mass is 32.2. The minimum Gasteiger partial charge on any atom is -0.368 e. The largest absolute Gasteiger partial charge is 0.368 e. The Hall–Kier alpha value is -2.27. The fourth-order valence-electron chi connectivity index (χ4n) is 2.82. The average molecular weight is 326 g/mol. The molecular formula is C18H18N2O2S. The lowest BCUT2D eigenvalue weighted by Crippen LogP contribution is -2.46. The molecule has 2 N–H and O–H groups in total. The molecule has 2 amide bonds. The molecule has 23 heavy (non-hydrogen) atoms. The van der Waals surface area contributed by atoms with Gasteiger partial charge in [0.15, 0.2) is 0 Å². The molecule has 0 saturated carbocycles. The van der Waals surface area contributed by atoms with Crippen molar-refractivity contribution in [3.8, 4) is 0 Å². The molecule has 0 bridgehead atoms. The van der Waals surface area contributed by atoms with Crippen LogP contribution in [-0.4, -0.2) is 23.6 Å². The number of fused-ring (bicyclic) bond motifs is 1. The van der Waals surface area contributed by atoms with E-state index >= 15 is 0 Å². The van der Waals surface area contributed by atoms with Crippen LogP contribution in [0.15, 0.2) is 54.6 Å². The number of nitrogens with two attached hydrogens (primary N) is 1. The van der Waals surface area contributed by atoms with Crippen molar-refractivity contribution in [1.82, 2.24) is 0 Å². The van der Waals surface area contributed by atoms with Crippen LogP contribution in [0.4, 0.5) is 5.69 Å². The standard InChI is InChI=1S/C18H18N2O2S/c19-18(22)16-10-14-8-4-5-9-15(14)20(16)17(21)12-23-11-13-6-2-1-3-7-13/h1-9,16H,10-12H2,(H2,19,22)/t16-/m1/s1. The fraction of sp³-hybridized carbons (Fsp3) is 0.222. The van der Waals surface area contributed by atoms with E-state index in [2.05, 4.69) is 0 Å². The summed E-state index contributed by atoms with van der Waals surface area (Å²) in [6.45, 7) is 0. The van der Waals surface area contributed by atoms with Crippen molar-refractivity contribution in [3.05, 3.63) is 65.7 Å². The van der Waals surface area contributed by atoms with Gasteiger partial charge in [-0.3, -0.25) is 14.5 Å². The van der Waals surface area contributed by atoms with E-state index in [-0.39, 0.29) is 5.91 Å². The maximum Gasteiger partial charge on any atom is 0.240 e. The first-order valence-corrected chi connectivity index (χ1v) is 8.63. The van der Waals surface area contributed by atoms with Crippen LogP contribution in [0, 0.1) is 0 Å². The van der Waals surface area contributed by atoms with Gasteiger partial charge in [-0.1, -0.05) is 48.5 Å². The SMILES string of the molecule is NC(=O)[C@H]1Cc2ccccc2N1C(=O)CSCc1ccccc1. The third-order valence-corrected chi connectivity index (χ3v) is 4.90.